The normalized spacial score (nSPS) is 10.5. The van der Waals surface area contributed by atoms with Gasteiger partial charge in [-0.1, -0.05) is 6.92 Å². The van der Waals surface area contributed by atoms with Crippen LogP contribution in [0.3, 0.4) is 0 Å². The van der Waals surface area contributed by atoms with Crippen molar-refractivity contribution in [3.63, 3.8) is 0 Å². The zero-order valence-corrected chi connectivity index (χ0v) is 11.0. The molecule has 0 aliphatic rings. The fraction of sp³-hybridized carbons (Fsp3) is 0.545. The van der Waals surface area contributed by atoms with E-state index < -0.39 is 5.56 Å². The van der Waals surface area contributed by atoms with Crippen LogP contribution in [0.2, 0.25) is 0 Å². The summed E-state index contributed by atoms with van der Waals surface area (Å²) in [5.74, 6) is 1.44. The van der Waals surface area contributed by atoms with Crippen molar-refractivity contribution in [3.8, 4) is 0 Å². The molecule has 6 heteroatoms. The van der Waals surface area contributed by atoms with E-state index >= 15 is 0 Å². The van der Waals surface area contributed by atoms with Gasteiger partial charge in [0.15, 0.2) is 5.78 Å². The summed E-state index contributed by atoms with van der Waals surface area (Å²) >= 11 is 1.70. The quantitative estimate of drug-likeness (QED) is 0.568. The van der Waals surface area contributed by atoms with Crippen LogP contribution in [0.4, 0.5) is 0 Å². The van der Waals surface area contributed by atoms with Crippen molar-refractivity contribution >= 4 is 17.5 Å². The molecule has 0 bridgehead atoms. The average Bonchev–Trinajstić information content (AvgIpc) is 2.29. The maximum atomic E-state index is 11.8. The fourth-order valence-corrected chi connectivity index (χ4v) is 2.05. The van der Waals surface area contributed by atoms with E-state index in [1.54, 1.807) is 11.8 Å². The highest BCUT2D eigenvalue weighted by Gasteiger charge is 2.11. The molecule has 1 heterocycles. The summed E-state index contributed by atoms with van der Waals surface area (Å²) in [6, 6.07) is 0. The summed E-state index contributed by atoms with van der Waals surface area (Å²) in [6.45, 7) is 3.87. The standard InChI is InChI=1S/C11H16N2O3S/c1-4-17-6-5-13-7-9(8(2)14)10(15)12(3)11(13)16/h7H,4-6H2,1-3H3. The lowest BCUT2D eigenvalue weighted by Gasteiger charge is -2.08. The molecule has 1 aromatic rings. The van der Waals surface area contributed by atoms with Gasteiger partial charge in [-0.05, 0) is 12.7 Å². The van der Waals surface area contributed by atoms with Crippen molar-refractivity contribution in [2.24, 2.45) is 7.05 Å². The van der Waals surface area contributed by atoms with E-state index in [4.69, 9.17) is 0 Å². The molecule has 0 fully saturated rings. The Morgan fingerprint density at radius 2 is 2.06 bits per heavy atom. The predicted molar refractivity (Wildman–Crippen MR) is 68.9 cm³/mol. The zero-order valence-electron chi connectivity index (χ0n) is 10.2. The molecule has 0 atom stereocenters. The first-order chi connectivity index (χ1) is 7.99. The molecule has 1 rings (SSSR count). The molecule has 0 aliphatic carbocycles. The molecule has 0 aromatic carbocycles. The van der Waals surface area contributed by atoms with E-state index in [2.05, 4.69) is 0 Å². The third-order valence-electron chi connectivity index (χ3n) is 2.41. The SMILES string of the molecule is CCSCCn1cc(C(C)=O)c(=O)n(C)c1=O. The van der Waals surface area contributed by atoms with Gasteiger partial charge in [-0.15, -0.1) is 0 Å². The number of carbonyl (C=O) groups excluding carboxylic acids is 1. The molecular formula is C11H16N2O3S. The Hall–Kier alpha value is -1.30. The largest absolute Gasteiger partial charge is 0.330 e. The van der Waals surface area contributed by atoms with Crippen LogP contribution >= 0.6 is 11.8 Å². The molecule has 0 saturated carbocycles. The Morgan fingerprint density at radius 3 is 2.59 bits per heavy atom. The van der Waals surface area contributed by atoms with Gasteiger partial charge in [0.2, 0.25) is 0 Å². The highest BCUT2D eigenvalue weighted by Crippen LogP contribution is 1.99. The number of ketones is 1. The first-order valence-electron chi connectivity index (χ1n) is 5.38. The number of thioether (sulfide) groups is 1. The van der Waals surface area contributed by atoms with Crippen molar-refractivity contribution < 1.29 is 4.79 Å². The van der Waals surface area contributed by atoms with Crippen LogP contribution < -0.4 is 11.2 Å². The average molecular weight is 256 g/mol. The van der Waals surface area contributed by atoms with Crippen LogP contribution in [-0.2, 0) is 13.6 Å². The molecule has 94 valence electrons. The smallest absolute Gasteiger partial charge is 0.299 e. The summed E-state index contributed by atoms with van der Waals surface area (Å²) in [5.41, 5.74) is -0.841. The number of nitrogens with zero attached hydrogens (tertiary/aromatic N) is 2. The maximum Gasteiger partial charge on any atom is 0.330 e. The fourth-order valence-electron chi connectivity index (χ4n) is 1.44. The Kier molecular flexibility index (Phi) is 4.74. The van der Waals surface area contributed by atoms with Crippen molar-refractivity contribution in [1.29, 1.82) is 0 Å². The number of aromatic nitrogens is 2. The second kappa shape index (κ2) is 5.86. The topological polar surface area (TPSA) is 61.1 Å². The van der Waals surface area contributed by atoms with Gasteiger partial charge in [0, 0.05) is 25.5 Å². The summed E-state index contributed by atoms with van der Waals surface area (Å²) < 4.78 is 2.40. The van der Waals surface area contributed by atoms with Gasteiger partial charge in [0.25, 0.3) is 5.56 Å². The third-order valence-corrected chi connectivity index (χ3v) is 3.29. The van der Waals surface area contributed by atoms with E-state index in [1.165, 1.54) is 24.7 Å². The van der Waals surface area contributed by atoms with Crippen LogP contribution in [0.5, 0.6) is 0 Å². The van der Waals surface area contributed by atoms with Gasteiger partial charge in [-0.3, -0.25) is 18.7 Å². The minimum atomic E-state index is -0.526. The van der Waals surface area contributed by atoms with E-state index in [1.807, 2.05) is 6.92 Å². The van der Waals surface area contributed by atoms with Crippen LogP contribution in [0.25, 0.3) is 0 Å². The number of hydrogen-bond donors (Lipinski definition) is 0. The van der Waals surface area contributed by atoms with Crippen LogP contribution in [0.1, 0.15) is 24.2 Å². The number of carbonyl (C=O) groups is 1. The monoisotopic (exact) mass is 256 g/mol. The van der Waals surface area contributed by atoms with Crippen LogP contribution in [0.15, 0.2) is 15.8 Å². The van der Waals surface area contributed by atoms with Crippen LogP contribution in [0, 0.1) is 0 Å². The summed E-state index contributed by atoms with van der Waals surface area (Å²) in [6.07, 6.45) is 1.36. The lowest BCUT2D eigenvalue weighted by atomic mass is 10.2. The van der Waals surface area contributed by atoms with Gasteiger partial charge in [0.05, 0.1) is 5.56 Å². The van der Waals surface area contributed by atoms with E-state index in [9.17, 15) is 14.4 Å². The molecular weight excluding hydrogens is 240 g/mol. The first kappa shape index (κ1) is 13.8. The predicted octanol–water partition coefficient (Wildman–Crippen LogP) is 0.503. The Labute approximate surface area is 103 Å². The van der Waals surface area contributed by atoms with Crippen LogP contribution in [-0.4, -0.2) is 26.4 Å². The molecule has 5 nitrogen and oxygen atoms in total. The Balaban J connectivity index is 3.18. The minimum Gasteiger partial charge on any atom is -0.299 e. The Morgan fingerprint density at radius 1 is 1.41 bits per heavy atom. The van der Waals surface area contributed by atoms with Gasteiger partial charge in [0.1, 0.15) is 0 Å². The van der Waals surface area contributed by atoms with E-state index in [-0.39, 0.29) is 17.0 Å². The molecule has 0 unspecified atom stereocenters. The molecule has 0 amide bonds. The number of aryl methyl sites for hydroxylation is 1. The van der Waals surface area contributed by atoms with Gasteiger partial charge in [-0.2, -0.15) is 11.8 Å². The molecule has 0 saturated heterocycles. The van der Waals surface area contributed by atoms with Gasteiger partial charge >= 0.3 is 5.69 Å². The van der Waals surface area contributed by atoms with Crippen molar-refractivity contribution in [1.82, 2.24) is 9.13 Å². The summed E-state index contributed by atoms with van der Waals surface area (Å²) in [4.78, 5) is 34.7. The second-order valence-electron chi connectivity index (χ2n) is 3.64. The van der Waals surface area contributed by atoms with E-state index in [0.29, 0.717) is 6.54 Å². The zero-order chi connectivity index (χ0) is 13.0. The van der Waals surface area contributed by atoms with Crippen molar-refractivity contribution in [2.75, 3.05) is 11.5 Å². The molecule has 1 aromatic heterocycles. The molecule has 0 radical (unpaired) electrons. The number of rotatable bonds is 5. The highest BCUT2D eigenvalue weighted by atomic mass is 32.2. The third kappa shape index (κ3) is 3.09. The first-order valence-corrected chi connectivity index (χ1v) is 6.53. The minimum absolute atomic E-state index is 0.0635. The van der Waals surface area contributed by atoms with Gasteiger partial charge < -0.3 is 0 Å². The van der Waals surface area contributed by atoms with Crippen molar-refractivity contribution in [3.05, 3.63) is 32.6 Å². The number of Topliss-reactive ketones (excluding diaryl/α,β-unsaturated/α-hetero) is 1. The second-order valence-corrected chi connectivity index (χ2v) is 5.03. The lowest BCUT2D eigenvalue weighted by Crippen LogP contribution is -2.40. The molecule has 0 aliphatic heterocycles. The highest BCUT2D eigenvalue weighted by molar-refractivity contribution is 7.99. The summed E-state index contributed by atoms with van der Waals surface area (Å²) in [7, 11) is 1.39. The molecule has 0 spiro atoms. The van der Waals surface area contributed by atoms with E-state index in [0.717, 1.165) is 16.1 Å². The lowest BCUT2D eigenvalue weighted by molar-refractivity contribution is 0.101. The Bertz CT molecular complexity index is 530. The molecule has 17 heavy (non-hydrogen) atoms. The maximum absolute atomic E-state index is 11.8. The molecule has 0 N–H and O–H groups in total. The summed E-state index contributed by atoms with van der Waals surface area (Å²) in [5, 5.41) is 0. The van der Waals surface area contributed by atoms with Crippen molar-refractivity contribution in [2.45, 2.75) is 20.4 Å². The number of hydrogen-bond acceptors (Lipinski definition) is 4. The van der Waals surface area contributed by atoms with Gasteiger partial charge in [-0.25, -0.2) is 4.79 Å².